The fourth-order valence-corrected chi connectivity index (χ4v) is 3.79. The molecule has 1 saturated heterocycles. The SMILES string of the molecule is O=C(c1cn(CCCCc2ccccc2)c2ccccc12)N1CCOCC1. The van der Waals surface area contributed by atoms with E-state index in [2.05, 4.69) is 47.0 Å². The third-order valence-electron chi connectivity index (χ3n) is 5.27. The van der Waals surface area contributed by atoms with Crippen molar-refractivity contribution in [2.45, 2.75) is 25.8 Å². The molecule has 1 fully saturated rings. The van der Waals surface area contributed by atoms with E-state index in [1.54, 1.807) is 0 Å². The molecule has 140 valence electrons. The molecule has 1 amide bonds. The molecule has 0 saturated carbocycles. The molecule has 27 heavy (non-hydrogen) atoms. The van der Waals surface area contributed by atoms with E-state index in [9.17, 15) is 4.79 Å². The molecule has 2 aromatic carbocycles. The second-order valence-electron chi connectivity index (χ2n) is 7.10. The van der Waals surface area contributed by atoms with Crippen LogP contribution in [0.1, 0.15) is 28.8 Å². The molecule has 0 N–H and O–H groups in total. The van der Waals surface area contributed by atoms with Gasteiger partial charge < -0.3 is 14.2 Å². The number of aromatic nitrogens is 1. The summed E-state index contributed by atoms with van der Waals surface area (Å²) in [4.78, 5) is 14.9. The molecule has 2 heterocycles. The number of ether oxygens (including phenoxy) is 1. The highest BCUT2D eigenvalue weighted by molar-refractivity contribution is 6.07. The summed E-state index contributed by atoms with van der Waals surface area (Å²) in [6.45, 7) is 3.54. The quantitative estimate of drug-likeness (QED) is 0.618. The van der Waals surface area contributed by atoms with Crippen LogP contribution in [0.3, 0.4) is 0 Å². The van der Waals surface area contributed by atoms with Crippen molar-refractivity contribution >= 4 is 16.8 Å². The third-order valence-corrected chi connectivity index (χ3v) is 5.27. The number of amides is 1. The molecule has 4 nitrogen and oxygen atoms in total. The number of hydrogen-bond donors (Lipinski definition) is 0. The minimum absolute atomic E-state index is 0.123. The Morgan fingerprint density at radius 3 is 2.48 bits per heavy atom. The Balaban J connectivity index is 1.47. The molecule has 0 bridgehead atoms. The van der Waals surface area contributed by atoms with Gasteiger partial charge in [0.15, 0.2) is 0 Å². The molecule has 0 spiro atoms. The van der Waals surface area contributed by atoms with Gasteiger partial charge in [0.05, 0.1) is 18.8 Å². The summed E-state index contributed by atoms with van der Waals surface area (Å²) in [5.74, 6) is 0.123. The normalized spacial score (nSPS) is 14.6. The van der Waals surface area contributed by atoms with Crippen LogP contribution in [0.15, 0.2) is 60.8 Å². The number of rotatable bonds is 6. The Morgan fingerprint density at radius 2 is 1.67 bits per heavy atom. The molecule has 1 aliphatic rings. The van der Waals surface area contributed by atoms with Crippen molar-refractivity contribution in [3.63, 3.8) is 0 Å². The molecular weight excluding hydrogens is 336 g/mol. The first kappa shape index (κ1) is 17.8. The largest absolute Gasteiger partial charge is 0.378 e. The van der Waals surface area contributed by atoms with Crippen LogP contribution in [0.5, 0.6) is 0 Å². The standard InChI is InChI=1S/C23H26N2O2/c26-23(24-14-16-27-17-15-24)21-18-25(22-12-5-4-11-20(21)22)13-7-6-10-19-8-2-1-3-9-19/h1-5,8-9,11-12,18H,6-7,10,13-17H2. The summed E-state index contributed by atoms with van der Waals surface area (Å²) in [5, 5.41) is 1.05. The second-order valence-corrected chi connectivity index (χ2v) is 7.10. The Labute approximate surface area is 160 Å². The van der Waals surface area contributed by atoms with Gasteiger partial charge in [0, 0.05) is 36.7 Å². The number of carbonyl (C=O) groups excluding carboxylic acids is 1. The average molecular weight is 362 g/mol. The number of benzene rings is 2. The molecule has 0 radical (unpaired) electrons. The first-order valence-electron chi connectivity index (χ1n) is 9.82. The fraction of sp³-hybridized carbons (Fsp3) is 0.348. The predicted octanol–water partition coefficient (Wildman–Crippen LogP) is 4.14. The number of unbranched alkanes of at least 4 members (excludes halogenated alkanes) is 1. The number of morpholine rings is 1. The number of fused-ring (bicyclic) bond motifs is 1. The van der Waals surface area contributed by atoms with Crippen LogP contribution in [0.4, 0.5) is 0 Å². The van der Waals surface area contributed by atoms with Gasteiger partial charge in [-0.1, -0.05) is 48.5 Å². The number of para-hydroxylation sites is 1. The molecule has 3 aromatic rings. The highest BCUT2D eigenvalue weighted by Gasteiger charge is 2.22. The van der Waals surface area contributed by atoms with Crippen LogP contribution in [0.2, 0.25) is 0 Å². The van der Waals surface area contributed by atoms with Gasteiger partial charge in [-0.05, 0) is 30.9 Å². The van der Waals surface area contributed by atoms with E-state index in [1.165, 1.54) is 5.56 Å². The van der Waals surface area contributed by atoms with E-state index >= 15 is 0 Å². The Hall–Kier alpha value is -2.59. The zero-order valence-corrected chi connectivity index (χ0v) is 15.6. The molecule has 1 aliphatic heterocycles. The van der Waals surface area contributed by atoms with Gasteiger partial charge in [-0.15, -0.1) is 0 Å². The van der Waals surface area contributed by atoms with Gasteiger partial charge in [-0.25, -0.2) is 0 Å². The number of carbonyl (C=O) groups is 1. The lowest BCUT2D eigenvalue weighted by molar-refractivity contribution is 0.0304. The van der Waals surface area contributed by atoms with Gasteiger partial charge in [-0.3, -0.25) is 4.79 Å². The van der Waals surface area contributed by atoms with Crippen molar-refractivity contribution in [2.24, 2.45) is 0 Å². The smallest absolute Gasteiger partial charge is 0.256 e. The maximum absolute atomic E-state index is 13.0. The Kier molecular flexibility index (Phi) is 5.54. The molecule has 0 atom stereocenters. The lowest BCUT2D eigenvalue weighted by Gasteiger charge is -2.26. The predicted molar refractivity (Wildman–Crippen MR) is 108 cm³/mol. The fourth-order valence-electron chi connectivity index (χ4n) is 3.79. The summed E-state index contributed by atoms with van der Waals surface area (Å²) < 4.78 is 7.63. The van der Waals surface area contributed by atoms with Crippen molar-refractivity contribution in [1.29, 1.82) is 0 Å². The zero-order valence-electron chi connectivity index (χ0n) is 15.6. The van der Waals surface area contributed by atoms with Gasteiger partial charge >= 0.3 is 0 Å². The van der Waals surface area contributed by atoms with E-state index in [1.807, 2.05) is 23.2 Å². The van der Waals surface area contributed by atoms with E-state index in [0.717, 1.165) is 42.3 Å². The van der Waals surface area contributed by atoms with Gasteiger partial charge in [0.25, 0.3) is 5.91 Å². The van der Waals surface area contributed by atoms with E-state index in [4.69, 9.17) is 4.74 Å². The minimum Gasteiger partial charge on any atom is -0.378 e. The number of aryl methyl sites for hydroxylation is 2. The minimum atomic E-state index is 0.123. The van der Waals surface area contributed by atoms with Crippen LogP contribution in [-0.4, -0.2) is 41.7 Å². The van der Waals surface area contributed by atoms with Crippen LogP contribution in [0, 0.1) is 0 Å². The molecular formula is C23H26N2O2. The first-order chi connectivity index (χ1) is 13.3. The van der Waals surface area contributed by atoms with Crippen LogP contribution < -0.4 is 0 Å². The summed E-state index contributed by atoms with van der Waals surface area (Å²) in [6, 6.07) is 18.9. The highest BCUT2D eigenvalue weighted by atomic mass is 16.5. The Morgan fingerprint density at radius 1 is 0.926 bits per heavy atom. The molecule has 0 aliphatic carbocycles. The summed E-state index contributed by atoms with van der Waals surface area (Å²) in [5.41, 5.74) is 3.35. The average Bonchev–Trinajstić information content (AvgIpc) is 3.11. The van der Waals surface area contributed by atoms with Crippen molar-refractivity contribution in [2.75, 3.05) is 26.3 Å². The van der Waals surface area contributed by atoms with E-state index < -0.39 is 0 Å². The number of nitrogens with zero attached hydrogens (tertiary/aromatic N) is 2. The maximum Gasteiger partial charge on any atom is 0.256 e. The molecule has 4 heteroatoms. The monoisotopic (exact) mass is 362 g/mol. The van der Waals surface area contributed by atoms with Crippen LogP contribution in [-0.2, 0) is 17.7 Å². The van der Waals surface area contributed by atoms with Gasteiger partial charge in [0.2, 0.25) is 0 Å². The van der Waals surface area contributed by atoms with E-state index in [-0.39, 0.29) is 5.91 Å². The summed E-state index contributed by atoms with van der Waals surface area (Å²) in [6.07, 6.45) is 5.38. The molecule has 4 rings (SSSR count). The summed E-state index contributed by atoms with van der Waals surface area (Å²) in [7, 11) is 0. The Bertz CT molecular complexity index is 895. The van der Waals surface area contributed by atoms with Crippen molar-refractivity contribution in [3.05, 3.63) is 71.9 Å². The molecule has 0 unspecified atom stereocenters. The highest BCUT2D eigenvalue weighted by Crippen LogP contribution is 2.24. The van der Waals surface area contributed by atoms with Gasteiger partial charge in [-0.2, -0.15) is 0 Å². The zero-order chi connectivity index (χ0) is 18.5. The summed E-state index contributed by atoms with van der Waals surface area (Å²) >= 11 is 0. The topological polar surface area (TPSA) is 34.5 Å². The van der Waals surface area contributed by atoms with Gasteiger partial charge in [0.1, 0.15) is 0 Å². The first-order valence-corrected chi connectivity index (χ1v) is 9.82. The van der Waals surface area contributed by atoms with Crippen LogP contribution >= 0.6 is 0 Å². The lowest BCUT2D eigenvalue weighted by atomic mass is 10.1. The van der Waals surface area contributed by atoms with Crippen LogP contribution in [0.25, 0.3) is 10.9 Å². The van der Waals surface area contributed by atoms with Crippen molar-refractivity contribution < 1.29 is 9.53 Å². The van der Waals surface area contributed by atoms with Crippen molar-refractivity contribution in [3.8, 4) is 0 Å². The third kappa shape index (κ3) is 4.06. The van der Waals surface area contributed by atoms with E-state index in [0.29, 0.717) is 26.3 Å². The lowest BCUT2D eigenvalue weighted by Crippen LogP contribution is -2.40. The maximum atomic E-state index is 13.0. The second kappa shape index (κ2) is 8.40. The van der Waals surface area contributed by atoms with Crippen molar-refractivity contribution in [1.82, 2.24) is 9.47 Å². The molecule has 1 aromatic heterocycles. The number of hydrogen-bond acceptors (Lipinski definition) is 2.